The summed E-state index contributed by atoms with van der Waals surface area (Å²) in [7, 11) is 1.29. The van der Waals surface area contributed by atoms with E-state index in [0.717, 1.165) is 0 Å². The fourth-order valence-electron chi connectivity index (χ4n) is 1.46. The lowest BCUT2D eigenvalue weighted by molar-refractivity contribution is -0.116. The fraction of sp³-hybridized carbons (Fsp3) is 0.333. The van der Waals surface area contributed by atoms with Gasteiger partial charge < -0.3 is 10.1 Å². The Kier molecular flexibility index (Phi) is 2.32. The van der Waals surface area contributed by atoms with Crippen molar-refractivity contribution in [1.29, 1.82) is 0 Å². The van der Waals surface area contributed by atoms with E-state index in [1.807, 2.05) is 0 Å². The van der Waals surface area contributed by atoms with Crippen LogP contribution in [0.3, 0.4) is 0 Å². The van der Waals surface area contributed by atoms with E-state index in [-0.39, 0.29) is 11.6 Å². The van der Waals surface area contributed by atoms with Gasteiger partial charge in [-0.1, -0.05) is 0 Å². The van der Waals surface area contributed by atoms with E-state index in [9.17, 15) is 9.59 Å². The van der Waals surface area contributed by atoms with Gasteiger partial charge in [0.15, 0.2) is 5.69 Å². The third-order valence-corrected chi connectivity index (χ3v) is 2.18. The SMILES string of the molecule is COC(=O)c1ncnc2c1CCC(=O)N2. The monoisotopic (exact) mass is 207 g/mol. The highest BCUT2D eigenvalue weighted by atomic mass is 16.5. The molecule has 0 radical (unpaired) electrons. The van der Waals surface area contributed by atoms with Gasteiger partial charge in [0, 0.05) is 12.0 Å². The Balaban J connectivity index is 2.46. The number of esters is 1. The Morgan fingerprint density at radius 3 is 3.00 bits per heavy atom. The van der Waals surface area contributed by atoms with Crippen molar-refractivity contribution in [2.24, 2.45) is 0 Å². The lowest BCUT2D eigenvalue weighted by atomic mass is 10.0. The smallest absolute Gasteiger partial charge is 0.357 e. The van der Waals surface area contributed by atoms with Crippen LogP contribution in [0, 0.1) is 0 Å². The zero-order valence-electron chi connectivity index (χ0n) is 8.11. The molecule has 0 saturated carbocycles. The molecule has 1 aromatic rings. The highest BCUT2D eigenvalue weighted by molar-refractivity contribution is 5.96. The van der Waals surface area contributed by atoms with Crippen LogP contribution < -0.4 is 5.32 Å². The molecule has 1 amide bonds. The number of hydrogen-bond acceptors (Lipinski definition) is 5. The van der Waals surface area contributed by atoms with Gasteiger partial charge in [-0.2, -0.15) is 0 Å². The number of amides is 1. The summed E-state index contributed by atoms with van der Waals surface area (Å²) in [5.74, 6) is -0.205. The molecule has 6 nitrogen and oxygen atoms in total. The number of nitrogens with zero attached hydrogens (tertiary/aromatic N) is 2. The molecule has 15 heavy (non-hydrogen) atoms. The average Bonchev–Trinajstić information content (AvgIpc) is 2.26. The van der Waals surface area contributed by atoms with Crippen molar-refractivity contribution in [2.75, 3.05) is 12.4 Å². The van der Waals surface area contributed by atoms with Gasteiger partial charge in [0.05, 0.1) is 7.11 Å². The zero-order valence-corrected chi connectivity index (χ0v) is 8.11. The average molecular weight is 207 g/mol. The van der Waals surface area contributed by atoms with Crippen molar-refractivity contribution >= 4 is 17.7 Å². The van der Waals surface area contributed by atoms with E-state index in [2.05, 4.69) is 20.0 Å². The van der Waals surface area contributed by atoms with Crippen LogP contribution >= 0.6 is 0 Å². The molecule has 2 heterocycles. The summed E-state index contributed by atoms with van der Waals surface area (Å²) < 4.78 is 4.59. The molecule has 0 spiro atoms. The highest BCUT2D eigenvalue weighted by Crippen LogP contribution is 2.22. The van der Waals surface area contributed by atoms with Crippen LogP contribution in [0.25, 0.3) is 0 Å². The van der Waals surface area contributed by atoms with Crippen molar-refractivity contribution in [3.8, 4) is 0 Å². The number of ether oxygens (including phenoxy) is 1. The first kappa shape index (κ1) is 9.57. The first-order chi connectivity index (χ1) is 7.22. The largest absolute Gasteiger partial charge is 0.464 e. The molecule has 0 bridgehead atoms. The molecule has 0 aromatic carbocycles. The van der Waals surface area contributed by atoms with E-state index in [4.69, 9.17) is 0 Å². The number of fused-ring (bicyclic) bond motifs is 1. The number of rotatable bonds is 1. The molecule has 1 aliphatic rings. The molecule has 2 rings (SSSR count). The van der Waals surface area contributed by atoms with Gasteiger partial charge in [-0.25, -0.2) is 14.8 Å². The number of carbonyl (C=O) groups excluding carboxylic acids is 2. The van der Waals surface area contributed by atoms with Crippen molar-refractivity contribution < 1.29 is 14.3 Å². The van der Waals surface area contributed by atoms with Gasteiger partial charge in [-0.05, 0) is 6.42 Å². The molecule has 0 atom stereocenters. The topological polar surface area (TPSA) is 81.2 Å². The Labute approximate surface area is 85.7 Å². The minimum absolute atomic E-state index is 0.1000. The molecule has 0 aliphatic carbocycles. The lowest BCUT2D eigenvalue weighted by Crippen LogP contribution is -2.23. The first-order valence-electron chi connectivity index (χ1n) is 4.44. The van der Waals surface area contributed by atoms with Gasteiger partial charge in [0.2, 0.25) is 5.91 Å². The lowest BCUT2D eigenvalue weighted by Gasteiger charge is -2.16. The van der Waals surface area contributed by atoms with Crippen LogP contribution in [-0.2, 0) is 16.0 Å². The maximum absolute atomic E-state index is 11.3. The minimum atomic E-state index is -0.509. The van der Waals surface area contributed by atoms with Gasteiger partial charge in [-0.3, -0.25) is 4.79 Å². The second kappa shape index (κ2) is 3.64. The van der Waals surface area contributed by atoms with Crippen LogP contribution in [0.5, 0.6) is 0 Å². The molecule has 1 aromatic heterocycles. The van der Waals surface area contributed by atoms with E-state index in [1.54, 1.807) is 0 Å². The number of aromatic nitrogens is 2. The van der Waals surface area contributed by atoms with Crippen molar-refractivity contribution in [3.05, 3.63) is 17.6 Å². The Bertz CT molecular complexity index is 431. The van der Waals surface area contributed by atoms with Crippen molar-refractivity contribution in [3.63, 3.8) is 0 Å². The van der Waals surface area contributed by atoms with Gasteiger partial charge in [-0.15, -0.1) is 0 Å². The van der Waals surface area contributed by atoms with E-state index in [0.29, 0.717) is 24.2 Å². The maximum atomic E-state index is 11.3. The molecule has 78 valence electrons. The highest BCUT2D eigenvalue weighted by Gasteiger charge is 2.23. The number of anilines is 1. The zero-order chi connectivity index (χ0) is 10.8. The van der Waals surface area contributed by atoms with Crippen LogP contribution in [-0.4, -0.2) is 29.0 Å². The van der Waals surface area contributed by atoms with E-state index < -0.39 is 5.97 Å². The summed E-state index contributed by atoms with van der Waals surface area (Å²) in [5, 5.41) is 2.58. The summed E-state index contributed by atoms with van der Waals surface area (Å²) in [6, 6.07) is 0. The van der Waals surface area contributed by atoms with Gasteiger partial charge in [0.25, 0.3) is 0 Å². The van der Waals surface area contributed by atoms with Gasteiger partial charge >= 0.3 is 5.97 Å². The Morgan fingerprint density at radius 1 is 1.47 bits per heavy atom. The molecule has 1 N–H and O–H groups in total. The summed E-state index contributed by atoms with van der Waals surface area (Å²) >= 11 is 0. The van der Waals surface area contributed by atoms with Crippen LogP contribution in [0.1, 0.15) is 22.5 Å². The van der Waals surface area contributed by atoms with Crippen LogP contribution in [0.4, 0.5) is 5.82 Å². The standard InChI is InChI=1S/C9H9N3O3/c1-15-9(14)7-5-2-3-6(13)12-8(5)11-4-10-7/h4H,2-3H2,1H3,(H,10,11,12,13). The van der Waals surface area contributed by atoms with Crippen molar-refractivity contribution in [1.82, 2.24) is 9.97 Å². The summed E-state index contributed by atoms with van der Waals surface area (Å²) in [5.41, 5.74) is 0.867. The number of carbonyl (C=O) groups is 2. The maximum Gasteiger partial charge on any atom is 0.357 e. The molecule has 0 fully saturated rings. The van der Waals surface area contributed by atoms with Crippen LogP contribution in [0.2, 0.25) is 0 Å². The van der Waals surface area contributed by atoms with E-state index >= 15 is 0 Å². The molecule has 0 saturated heterocycles. The summed E-state index contributed by atoms with van der Waals surface area (Å²) in [6.07, 6.45) is 2.04. The summed E-state index contributed by atoms with van der Waals surface area (Å²) in [6.45, 7) is 0. The fourth-order valence-corrected chi connectivity index (χ4v) is 1.46. The molecule has 1 aliphatic heterocycles. The second-order valence-corrected chi connectivity index (χ2v) is 3.09. The third kappa shape index (κ3) is 1.65. The quantitative estimate of drug-likeness (QED) is 0.663. The second-order valence-electron chi connectivity index (χ2n) is 3.09. The molecule has 0 unspecified atom stereocenters. The van der Waals surface area contributed by atoms with E-state index in [1.165, 1.54) is 13.4 Å². The van der Waals surface area contributed by atoms with Gasteiger partial charge in [0.1, 0.15) is 12.1 Å². The number of methoxy groups -OCH3 is 1. The number of hydrogen-bond donors (Lipinski definition) is 1. The minimum Gasteiger partial charge on any atom is -0.464 e. The first-order valence-corrected chi connectivity index (χ1v) is 4.44. The van der Waals surface area contributed by atoms with Crippen molar-refractivity contribution in [2.45, 2.75) is 12.8 Å². The van der Waals surface area contributed by atoms with Crippen LogP contribution in [0.15, 0.2) is 6.33 Å². The Hall–Kier alpha value is -1.98. The summed E-state index contributed by atoms with van der Waals surface area (Å²) in [4.78, 5) is 30.2. The number of nitrogens with one attached hydrogen (secondary N) is 1. The normalized spacial score (nSPS) is 14.1. The molecule has 6 heteroatoms. The molecular weight excluding hydrogens is 198 g/mol. The Morgan fingerprint density at radius 2 is 2.27 bits per heavy atom. The molecular formula is C9H9N3O3. The predicted octanol–water partition coefficient (Wildman–Crippen LogP) is 0.148. The third-order valence-electron chi connectivity index (χ3n) is 2.18. The predicted molar refractivity (Wildman–Crippen MR) is 50.3 cm³/mol.